The average molecular weight is 354 g/mol. The Morgan fingerprint density at radius 3 is 2.00 bits per heavy atom. The minimum atomic E-state index is -4.45. The summed E-state index contributed by atoms with van der Waals surface area (Å²) >= 11 is 9.07. The monoisotopic (exact) mass is 353 g/mol. The third-order valence-electron chi connectivity index (χ3n) is 1.80. The number of benzene rings is 1. The van der Waals surface area contributed by atoms with E-state index in [0.29, 0.717) is 3.71 Å². The summed E-state index contributed by atoms with van der Waals surface area (Å²) in [5.74, 6) is 0. The number of para-hydroxylation sites is 1. The van der Waals surface area contributed by atoms with E-state index in [9.17, 15) is 21.6 Å². The molecule has 1 aromatic carbocycles. The molecule has 0 aliphatic heterocycles. The van der Waals surface area contributed by atoms with Crippen molar-refractivity contribution in [3.05, 3.63) is 30.3 Å². The van der Waals surface area contributed by atoms with Crippen molar-refractivity contribution in [3.8, 4) is 0 Å². The van der Waals surface area contributed by atoms with Crippen LogP contribution in [0.5, 0.6) is 0 Å². The molecule has 10 heteroatoms. The maximum Gasteiger partial charge on any atom is 0.380 e. The van der Waals surface area contributed by atoms with Gasteiger partial charge in [0.25, 0.3) is 0 Å². The number of rotatable bonds is 5. The van der Waals surface area contributed by atoms with Gasteiger partial charge in [0.1, 0.15) is 0 Å². The highest BCUT2D eigenvalue weighted by atomic mass is 35.5. The summed E-state index contributed by atoms with van der Waals surface area (Å²) in [6, 6.07) is 7.09. The lowest BCUT2D eigenvalue weighted by molar-refractivity contribution is 0.0282. The number of nitrogens with zero attached hydrogens (tertiary/aromatic N) is 1. The van der Waals surface area contributed by atoms with E-state index in [4.69, 9.17) is 11.6 Å². The lowest BCUT2D eigenvalue weighted by atomic mass is 10.3. The number of anilines is 1. The van der Waals surface area contributed by atoms with Crippen LogP contribution in [0.1, 0.15) is 0 Å². The Bertz CT molecular complexity index is 534. The average Bonchev–Trinajstić information content (AvgIpc) is 2.24. The zero-order chi connectivity index (χ0) is 14.9. The molecular weight excluding hydrogens is 346 g/mol. The molecule has 0 heterocycles. The Morgan fingerprint density at radius 1 is 1.16 bits per heavy atom. The van der Waals surface area contributed by atoms with Crippen LogP contribution in [0, 0.1) is 0 Å². The molecule has 0 bridgehead atoms. The van der Waals surface area contributed by atoms with Gasteiger partial charge in [-0.2, -0.15) is 8.78 Å². The molecule has 3 nitrogen and oxygen atoms in total. The molecule has 1 unspecified atom stereocenters. The molecule has 0 fully saturated rings. The van der Waals surface area contributed by atoms with Crippen LogP contribution in [0.25, 0.3) is 0 Å². The van der Waals surface area contributed by atoms with Gasteiger partial charge in [0.2, 0.25) is 10.0 Å². The van der Waals surface area contributed by atoms with Crippen molar-refractivity contribution >= 4 is 50.9 Å². The molecule has 108 valence electrons. The minimum absolute atomic E-state index is 0.0291. The van der Waals surface area contributed by atoms with Gasteiger partial charge in [0.05, 0.1) is 11.9 Å². The fourth-order valence-corrected chi connectivity index (χ4v) is 3.34. The number of sulfonamides is 1. The van der Waals surface area contributed by atoms with Gasteiger partial charge in [0, 0.05) is 11.9 Å². The lowest BCUT2D eigenvalue weighted by Crippen LogP contribution is -2.37. The molecule has 0 aromatic heterocycles. The summed E-state index contributed by atoms with van der Waals surface area (Å²) in [4.78, 5) is 0. The van der Waals surface area contributed by atoms with Gasteiger partial charge < -0.3 is 0 Å². The zero-order valence-electron chi connectivity index (χ0n) is 9.36. The van der Waals surface area contributed by atoms with Crippen molar-refractivity contribution in [1.82, 2.24) is 0 Å². The summed E-state index contributed by atoms with van der Waals surface area (Å²) in [5, 5.41) is -4.45. The van der Waals surface area contributed by atoms with E-state index in [1.54, 1.807) is 6.07 Å². The van der Waals surface area contributed by atoms with E-state index < -0.39 is 31.8 Å². The van der Waals surface area contributed by atoms with Crippen molar-refractivity contribution in [3.63, 3.8) is 0 Å². The second-order valence-corrected chi connectivity index (χ2v) is 7.82. The van der Waals surface area contributed by atoms with Gasteiger partial charge >= 0.3 is 9.84 Å². The maximum absolute atomic E-state index is 13.6. The first-order chi connectivity index (χ1) is 8.45. The van der Waals surface area contributed by atoms with Crippen LogP contribution in [0.2, 0.25) is 0 Å². The normalized spacial score (nSPS) is 15.9. The first-order valence-corrected chi connectivity index (χ1v) is 8.02. The summed E-state index contributed by atoms with van der Waals surface area (Å²) in [6.07, 6.45) is 0.729. The Kier molecular flexibility index (Phi) is 4.93. The third kappa shape index (κ3) is 4.34. The molecule has 0 saturated carbocycles. The summed E-state index contributed by atoms with van der Waals surface area (Å²) in [5.41, 5.74) is -0.0291. The lowest BCUT2D eigenvalue weighted by Gasteiger charge is -2.28. The van der Waals surface area contributed by atoms with E-state index in [2.05, 4.69) is 11.6 Å². The number of alkyl halides is 5. The fraction of sp³-hybridized carbons (Fsp3) is 0.333. The first kappa shape index (κ1) is 16.7. The largest absolute Gasteiger partial charge is 0.380 e. The SMILES string of the molecule is CS(=O)(=O)N(SC(F)(Cl)C(F)(F)Cl)c1ccccc1. The van der Waals surface area contributed by atoms with Crippen molar-refractivity contribution in [2.75, 3.05) is 9.97 Å². The summed E-state index contributed by atoms with van der Waals surface area (Å²) in [6.45, 7) is 0. The Morgan fingerprint density at radius 2 is 1.63 bits per heavy atom. The van der Waals surface area contributed by atoms with Crippen molar-refractivity contribution < 1.29 is 21.6 Å². The van der Waals surface area contributed by atoms with Crippen LogP contribution < -0.4 is 3.71 Å². The molecule has 0 N–H and O–H groups in total. The van der Waals surface area contributed by atoms with Crippen LogP contribution in [-0.4, -0.2) is 24.5 Å². The van der Waals surface area contributed by atoms with Crippen LogP contribution in [0.15, 0.2) is 30.3 Å². The molecule has 0 spiro atoms. The fourth-order valence-electron chi connectivity index (χ4n) is 1.02. The molecule has 19 heavy (non-hydrogen) atoms. The smallest absolute Gasteiger partial charge is 0.207 e. The summed E-state index contributed by atoms with van der Waals surface area (Å²) < 4.78 is 58.8. The van der Waals surface area contributed by atoms with Crippen LogP contribution in [-0.2, 0) is 10.0 Å². The molecule has 0 aliphatic carbocycles. The second-order valence-electron chi connectivity index (χ2n) is 3.43. The van der Waals surface area contributed by atoms with Gasteiger partial charge in [-0.1, -0.05) is 29.8 Å². The zero-order valence-corrected chi connectivity index (χ0v) is 12.5. The van der Waals surface area contributed by atoms with Gasteiger partial charge in [-0.3, -0.25) is 0 Å². The molecule has 0 amide bonds. The molecule has 1 atom stereocenters. The molecular formula is C9H8Cl2F3NO2S2. The Labute approximate surface area is 122 Å². The van der Waals surface area contributed by atoms with Gasteiger partial charge in [-0.25, -0.2) is 16.5 Å². The van der Waals surface area contributed by atoms with Crippen LogP contribution >= 0.6 is 35.1 Å². The molecule has 0 saturated heterocycles. The Balaban J connectivity index is 3.17. The van der Waals surface area contributed by atoms with E-state index >= 15 is 0 Å². The van der Waals surface area contributed by atoms with Gasteiger partial charge in [-0.05, 0) is 23.7 Å². The highest BCUT2D eigenvalue weighted by molar-refractivity contribution is 8.15. The number of hydrogen-bond acceptors (Lipinski definition) is 3. The highest BCUT2D eigenvalue weighted by Gasteiger charge is 2.56. The van der Waals surface area contributed by atoms with Crippen molar-refractivity contribution in [2.24, 2.45) is 0 Å². The van der Waals surface area contributed by atoms with Gasteiger partial charge in [0.15, 0.2) is 0 Å². The second kappa shape index (κ2) is 5.59. The highest BCUT2D eigenvalue weighted by Crippen LogP contribution is 2.50. The predicted molar refractivity (Wildman–Crippen MR) is 71.8 cm³/mol. The minimum Gasteiger partial charge on any atom is -0.207 e. The van der Waals surface area contributed by atoms with E-state index in [0.717, 1.165) is 6.26 Å². The molecule has 1 rings (SSSR count). The standard InChI is InChI=1S/C9H8Cl2F3NO2S2/c1-19(16,17)15(7-5-3-2-4-6-7)18-9(11,14)8(10,12)13/h2-6H,1H3. The van der Waals surface area contributed by atoms with Crippen molar-refractivity contribution in [1.29, 1.82) is 0 Å². The van der Waals surface area contributed by atoms with E-state index in [1.165, 1.54) is 24.3 Å². The van der Waals surface area contributed by atoms with Crippen molar-refractivity contribution in [2.45, 2.75) is 9.84 Å². The molecule has 1 aromatic rings. The maximum atomic E-state index is 13.6. The quantitative estimate of drug-likeness (QED) is 0.596. The number of halogens is 5. The van der Waals surface area contributed by atoms with Gasteiger partial charge in [-0.15, -0.1) is 0 Å². The summed E-state index contributed by atoms with van der Waals surface area (Å²) in [7, 11) is -4.03. The topological polar surface area (TPSA) is 37.4 Å². The van der Waals surface area contributed by atoms with Crippen LogP contribution in [0.4, 0.5) is 18.9 Å². The Hall–Kier alpha value is -0.310. The first-order valence-electron chi connectivity index (χ1n) is 4.64. The van der Waals surface area contributed by atoms with Crippen LogP contribution in [0.3, 0.4) is 0 Å². The molecule has 0 radical (unpaired) electrons. The van der Waals surface area contributed by atoms with E-state index in [-0.39, 0.29) is 5.69 Å². The van der Waals surface area contributed by atoms with E-state index in [1.807, 2.05) is 0 Å². The number of hydrogen-bond donors (Lipinski definition) is 0. The third-order valence-corrected chi connectivity index (χ3v) is 5.42. The molecule has 0 aliphatic rings. The predicted octanol–water partition coefficient (Wildman–Crippen LogP) is 3.79.